The van der Waals surface area contributed by atoms with Crippen molar-refractivity contribution in [2.45, 2.75) is 24.7 Å². The van der Waals surface area contributed by atoms with Gasteiger partial charge >= 0.3 is 0 Å². The lowest BCUT2D eigenvalue weighted by molar-refractivity contribution is -0.120. The van der Waals surface area contributed by atoms with Crippen molar-refractivity contribution in [3.05, 3.63) is 58.9 Å². The highest BCUT2D eigenvalue weighted by atomic mass is 35.5. The van der Waals surface area contributed by atoms with E-state index in [-0.39, 0.29) is 23.2 Å². The van der Waals surface area contributed by atoms with Crippen LogP contribution in [0.1, 0.15) is 18.4 Å². The van der Waals surface area contributed by atoms with Crippen LogP contribution in [0.3, 0.4) is 0 Å². The molecule has 2 aromatic rings. The van der Waals surface area contributed by atoms with Gasteiger partial charge in [0.15, 0.2) is 0 Å². The van der Waals surface area contributed by atoms with E-state index in [0.29, 0.717) is 30.1 Å². The predicted molar refractivity (Wildman–Crippen MR) is 103 cm³/mol. The summed E-state index contributed by atoms with van der Waals surface area (Å²) in [5.41, 5.74) is 1.28. The van der Waals surface area contributed by atoms with Crippen LogP contribution in [0.2, 0.25) is 5.02 Å². The molecule has 1 fully saturated rings. The van der Waals surface area contributed by atoms with E-state index in [1.165, 1.54) is 40.7 Å². The van der Waals surface area contributed by atoms with E-state index in [1.807, 2.05) is 0 Å². The molecule has 1 N–H and O–H groups in total. The largest absolute Gasteiger partial charge is 0.326 e. The first-order valence-electron chi connectivity index (χ1n) is 8.60. The normalized spacial score (nSPS) is 18.3. The summed E-state index contributed by atoms with van der Waals surface area (Å²) in [7, 11) is -3.73. The van der Waals surface area contributed by atoms with Crippen molar-refractivity contribution in [2.75, 3.05) is 18.4 Å². The Hall–Kier alpha value is -1.96. The number of rotatable bonds is 4. The van der Waals surface area contributed by atoms with Crippen LogP contribution in [0.15, 0.2) is 47.4 Å². The molecule has 0 bridgehead atoms. The number of halogens is 2. The number of hydrogen-bond acceptors (Lipinski definition) is 3. The highest BCUT2D eigenvalue weighted by molar-refractivity contribution is 7.89. The smallest absolute Gasteiger partial charge is 0.243 e. The standard InChI is InChI=1S/C19H20ClFN2O3S/c1-13-4-9-17(11-18(13)20)27(25,26)23-10-2-3-14(12-23)19(24)22-16-7-5-15(21)6-8-16/h4-9,11,14H,2-3,10,12H2,1H3,(H,22,24). The van der Waals surface area contributed by atoms with Gasteiger partial charge in [-0.05, 0) is 61.7 Å². The summed E-state index contributed by atoms with van der Waals surface area (Å²) in [5, 5.41) is 3.11. The van der Waals surface area contributed by atoms with Gasteiger partial charge in [-0.1, -0.05) is 17.7 Å². The van der Waals surface area contributed by atoms with E-state index in [0.717, 1.165) is 5.56 Å². The zero-order valence-corrected chi connectivity index (χ0v) is 16.4. The van der Waals surface area contributed by atoms with Gasteiger partial charge in [0.1, 0.15) is 5.82 Å². The Kier molecular flexibility index (Phi) is 5.83. The number of nitrogens with one attached hydrogen (secondary N) is 1. The molecule has 1 heterocycles. The first-order valence-corrected chi connectivity index (χ1v) is 10.4. The Morgan fingerprint density at radius 3 is 2.59 bits per heavy atom. The van der Waals surface area contributed by atoms with E-state index in [4.69, 9.17) is 11.6 Å². The molecule has 1 aliphatic heterocycles. The van der Waals surface area contributed by atoms with Crippen LogP contribution in [-0.2, 0) is 14.8 Å². The summed E-state index contributed by atoms with van der Waals surface area (Å²) in [6.07, 6.45) is 1.17. The molecule has 0 aliphatic carbocycles. The molecule has 1 amide bonds. The molecule has 1 atom stereocenters. The Morgan fingerprint density at radius 2 is 1.93 bits per heavy atom. The Bertz CT molecular complexity index is 948. The molecule has 1 saturated heterocycles. The number of benzene rings is 2. The van der Waals surface area contributed by atoms with Gasteiger partial charge in [-0.3, -0.25) is 4.79 Å². The Morgan fingerprint density at radius 1 is 1.22 bits per heavy atom. The molecule has 2 aromatic carbocycles. The topological polar surface area (TPSA) is 66.5 Å². The summed E-state index contributed by atoms with van der Waals surface area (Å²) in [5.74, 6) is -1.14. The van der Waals surface area contributed by atoms with E-state index in [9.17, 15) is 17.6 Å². The first kappa shape index (κ1) is 19.8. The maximum atomic E-state index is 13.0. The van der Waals surface area contributed by atoms with E-state index in [1.54, 1.807) is 13.0 Å². The van der Waals surface area contributed by atoms with Crippen LogP contribution >= 0.6 is 11.6 Å². The molecule has 0 saturated carbocycles. The summed E-state index contributed by atoms with van der Waals surface area (Å²) in [4.78, 5) is 12.6. The van der Waals surface area contributed by atoms with Crippen molar-refractivity contribution in [3.8, 4) is 0 Å². The lowest BCUT2D eigenvalue weighted by Crippen LogP contribution is -2.43. The summed E-state index contributed by atoms with van der Waals surface area (Å²) >= 11 is 6.07. The number of hydrogen-bond donors (Lipinski definition) is 1. The van der Waals surface area contributed by atoms with Crippen molar-refractivity contribution in [1.82, 2.24) is 4.31 Å². The zero-order valence-electron chi connectivity index (χ0n) is 14.8. The molecular formula is C19H20ClFN2O3S. The average Bonchev–Trinajstić information content (AvgIpc) is 2.66. The SMILES string of the molecule is Cc1ccc(S(=O)(=O)N2CCCC(C(=O)Nc3ccc(F)cc3)C2)cc1Cl. The third-order valence-corrected chi connectivity index (χ3v) is 6.92. The van der Waals surface area contributed by atoms with Crippen molar-refractivity contribution >= 4 is 33.2 Å². The molecular weight excluding hydrogens is 391 g/mol. The quantitative estimate of drug-likeness (QED) is 0.833. The van der Waals surface area contributed by atoms with Gasteiger partial charge < -0.3 is 5.32 Å². The number of piperidine rings is 1. The monoisotopic (exact) mass is 410 g/mol. The first-order chi connectivity index (χ1) is 12.8. The number of sulfonamides is 1. The molecule has 0 spiro atoms. The van der Waals surface area contributed by atoms with Gasteiger partial charge in [0.05, 0.1) is 10.8 Å². The lowest BCUT2D eigenvalue weighted by Gasteiger charge is -2.31. The molecule has 144 valence electrons. The third-order valence-electron chi connectivity index (χ3n) is 4.65. The minimum Gasteiger partial charge on any atom is -0.326 e. The van der Waals surface area contributed by atoms with E-state index >= 15 is 0 Å². The van der Waals surface area contributed by atoms with Crippen molar-refractivity contribution in [3.63, 3.8) is 0 Å². The van der Waals surface area contributed by atoms with Gasteiger partial charge in [-0.15, -0.1) is 0 Å². The summed E-state index contributed by atoms with van der Waals surface area (Å²) < 4.78 is 40.1. The van der Waals surface area contributed by atoms with Gasteiger partial charge in [-0.25, -0.2) is 12.8 Å². The number of carbonyl (C=O) groups excluding carboxylic acids is 1. The summed E-state index contributed by atoms with van der Waals surface area (Å²) in [6.45, 7) is 2.25. The Balaban J connectivity index is 1.73. The lowest BCUT2D eigenvalue weighted by atomic mass is 9.99. The molecule has 27 heavy (non-hydrogen) atoms. The Labute approximate surface area is 163 Å². The second-order valence-electron chi connectivity index (χ2n) is 6.61. The molecule has 1 aliphatic rings. The minimum absolute atomic E-state index is 0.0981. The van der Waals surface area contributed by atoms with Gasteiger partial charge in [0, 0.05) is 23.8 Å². The molecule has 8 heteroatoms. The van der Waals surface area contributed by atoms with Gasteiger partial charge in [0.2, 0.25) is 15.9 Å². The second kappa shape index (κ2) is 7.96. The van der Waals surface area contributed by atoms with Crippen LogP contribution in [0.4, 0.5) is 10.1 Å². The summed E-state index contributed by atoms with van der Waals surface area (Å²) in [6, 6.07) is 10.1. The minimum atomic E-state index is -3.73. The van der Waals surface area contributed by atoms with Crippen LogP contribution in [0.5, 0.6) is 0 Å². The van der Waals surface area contributed by atoms with Crippen LogP contribution in [-0.4, -0.2) is 31.7 Å². The average molecular weight is 411 g/mol. The van der Waals surface area contributed by atoms with Gasteiger partial charge in [0.25, 0.3) is 0 Å². The van der Waals surface area contributed by atoms with E-state index < -0.39 is 15.9 Å². The maximum absolute atomic E-state index is 13.0. The highest BCUT2D eigenvalue weighted by Gasteiger charge is 2.33. The fraction of sp³-hybridized carbons (Fsp3) is 0.316. The van der Waals surface area contributed by atoms with Crippen molar-refractivity contribution < 1.29 is 17.6 Å². The van der Waals surface area contributed by atoms with Crippen LogP contribution in [0.25, 0.3) is 0 Å². The van der Waals surface area contributed by atoms with Crippen LogP contribution in [0, 0.1) is 18.7 Å². The third kappa shape index (κ3) is 4.48. The molecule has 0 radical (unpaired) electrons. The molecule has 1 unspecified atom stereocenters. The van der Waals surface area contributed by atoms with Crippen molar-refractivity contribution in [2.24, 2.45) is 5.92 Å². The van der Waals surface area contributed by atoms with Crippen molar-refractivity contribution in [1.29, 1.82) is 0 Å². The second-order valence-corrected chi connectivity index (χ2v) is 8.95. The van der Waals surface area contributed by atoms with Crippen LogP contribution < -0.4 is 5.32 Å². The number of amides is 1. The fourth-order valence-corrected chi connectivity index (χ4v) is 4.83. The fourth-order valence-electron chi connectivity index (χ4n) is 3.04. The number of anilines is 1. The number of aryl methyl sites for hydroxylation is 1. The molecule has 0 aromatic heterocycles. The predicted octanol–water partition coefficient (Wildman–Crippen LogP) is 3.83. The molecule has 5 nitrogen and oxygen atoms in total. The maximum Gasteiger partial charge on any atom is 0.243 e. The van der Waals surface area contributed by atoms with Gasteiger partial charge in [-0.2, -0.15) is 4.31 Å². The number of nitrogens with zero attached hydrogens (tertiary/aromatic N) is 1. The zero-order chi connectivity index (χ0) is 19.6. The highest BCUT2D eigenvalue weighted by Crippen LogP contribution is 2.27. The number of carbonyl (C=O) groups is 1. The molecule has 3 rings (SSSR count). The van der Waals surface area contributed by atoms with E-state index in [2.05, 4.69) is 5.32 Å².